The Morgan fingerprint density at radius 3 is 2.24 bits per heavy atom. The van der Waals surface area contributed by atoms with Crippen LogP contribution in [0.2, 0.25) is 0 Å². The summed E-state index contributed by atoms with van der Waals surface area (Å²) in [5.74, 6) is 2.71. The average Bonchev–Trinajstić information content (AvgIpc) is 2.61. The third kappa shape index (κ3) is 3.91. The number of methoxy groups -OCH3 is 2. The molecule has 0 aliphatic heterocycles. The van der Waals surface area contributed by atoms with E-state index in [1.54, 1.807) is 14.2 Å². The first-order valence-corrected chi connectivity index (χ1v) is 8.12. The summed E-state index contributed by atoms with van der Waals surface area (Å²) in [4.78, 5) is 9.24. The first-order valence-electron chi connectivity index (χ1n) is 8.12. The first-order chi connectivity index (χ1) is 12.1. The Bertz CT molecular complexity index is 858. The van der Waals surface area contributed by atoms with Gasteiger partial charge in [0.05, 0.1) is 19.7 Å². The van der Waals surface area contributed by atoms with Crippen molar-refractivity contribution in [3.63, 3.8) is 0 Å². The molecule has 0 saturated carbocycles. The van der Waals surface area contributed by atoms with E-state index in [1.807, 2.05) is 42.5 Å². The normalized spacial score (nSPS) is 10.8. The molecule has 1 aromatic heterocycles. The quantitative estimate of drug-likeness (QED) is 0.702. The molecule has 0 amide bonds. The van der Waals surface area contributed by atoms with Crippen molar-refractivity contribution in [1.82, 2.24) is 9.97 Å². The monoisotopic (exact) mass is 338 g/mol. The number of rotatable bonds is 6. The summed E-state index contributed by atoms with van der Waals surface area (Å²) in [5.41, 5.74) is 1.67. The van der Waals surface area contributed by atoms with Gasteiger partial charge in [0.15, 0.2) is 0 Å². The molecule has 1 heterocycles. The molecule has 0 saturated heterocycles. The van der Waals surface area contributed by atoms with Gasteiger partial charge in [0, 0.05) is 35.3 Å². The topological polar surface area (TPSA) is 68.3 Å². The Morgan fingerprint density at radius 2 is 1.60 bits per heavy atom. The highest BCUT2D eigenvalue weighted by Crippen LogP contribution is 2.29. The molecule has 0 aliphatic rings. The van der Waals surface area contributed by atoms with Crippen molar-refractivity contribution in [3.8, 4) is 11.5 Å². The third-order valence-corrected chi connectivity index (χ3v) is 3.64. The number of anilines is 3. The zero-order valence-electron chi connectivity index (χ0n) is 14.8. The summed E-state index contributed by atoms with van der Waals surface area (Å²) in [6, 6.07) is 13.8. The van der Waals surface area contributed by atoms with Gasteiger partial charge in [-0.1, -0.05) is 12.1 Å². The molecule has 2 N–H and O–H groups in total. The highest BCUT2D eigenvalue weighted by Gasteiger charge is 2.10. The summed E-state index contributed by atoms with van der Waals surface area (Å²) < 4.78 is 10.6. The lowest BCUT2D eigenvalue weighted by molar-refractivity contribution is 0.395. The number of ether oxygens (including phenoxy) is 2. The number of para-hydroxylation sites is 1. The van der Waals surface area contributed by atoms with Crippen LogP contribution in [0.25, 0.3) is 10.9 Å². The Labute approximate surface area is 147 Å². The largest absolute Gasteiger partial charge is 0.497 e. The average molecular weight is 338 g/mol. The molecule has 0 atom stereocenters. The zero-order chi connectivity index (χ0) is 17.8. The van der Waals surface area contributed by atoms with Crippen LogP contribution in [0, 0.1) is 0 Å². The van der Waals surface area contributed by atoms with Crippen LogP contribution in [0.4, 0.5) is 17.5 Å². The minimum Gasteiger partial charge on any atom is -0.497 e. The highest BCUT2D eigenvalue weighted by atomic mass is 16.5. The predicted molar refractivity (Wildman–Crippen MR) is 101 cm³/mol. The minimum atomic E-state index is 0.267. The van der Waals surface area contributed by atoms with Gasteiger partial charge < -0.3 is 20.1 Å². The Balaban J connectivity index is 2.01. The fourth-order valence-corrected chi connectivity index (χ4v) is 2.52. The van der Waals surface area contributed by atoms with Gasteiger partial charge in [-0.2, -0.15) is 4.98 Å². The van der Waals surface area contributed by atoms with Gasteiger partial charge in [0.25, 0.3) is 0 Å². The van der Waals surface area contributed by atoms with Crippen LogP contribution < -0.4 is 20.1 Å². The number of fused-ring (bicyclic) bond motifs is 1. The minimum absolute atomic E-state index is 0.267. The maximum atomic E-state index is 5.31. The molecule has 3 rings (SSSR count). The van der Waals surface area contributed by atoms with E-state index in [9.17, 15) is 0 Å². The third-order valence-electron chi connectivity index (χ3n) is 3.64. The Morgan fingerprint density at radius 1 is 0.920 bits per heavy atom. The highest BCUT2D eigenvalue weighted by molar-refractivity contribution is 5.90. The molecule has 0 aliphatic carbocycles. The van der Waals surface area contributed by atoms with E-state index in [-0.39, 0.29) is 6.04 Å². The van der Waals surface area contributed by atoms with E-state index in [1.165, 1.54) is 0 Å². The maximum absolute atomic E-state index is 5.31. The van der Waals surface area contributed by atoms with E-state index >= 15 is 0 Å². The number of aromatic nitrogens is 2. The van der Waals surface area contributed by atoms with Crippen LogP contribution in [-0.4, -0.2) is 30.2 Å². The second-order valence-electron chi connectivity index (χ2n) is 5.94. The molecular weight excluding hydrogens is 316 g/mol. The van der Waals surface area contributed by atoms with Gasteiger partial charge >= 0.3 is 0 Å². The molecule has 0 fully saturated rings. The van der Waals surface area contributed by atoms with Crippen molar-refractivity contribution in [3.05, 3.63) is 42.5 Å². The SMILES string of the molecule is COc1cc(Nc2nc(NC(C)C)c3ccccc3n2)cc(OC)c1. The van der Waals surface area contributed by atoms with E-state index in [0.717, 1.165) is 22.4 Å². The molecule has 0 spiro atoms. The van der Waals surface area contributed by atoms with Crippen molar-refractivity contribution in [1.29, 1.82) is 0 Å². The van der Waals surface area contributed by atoms with Gasteiger partial charge in [-0.05, 0) is 26.0 Å². The van der Waals surface area contributed by atoms with Crippen LogP contribution in [-0.2, 0) is 0 Å². The van der Waals surface area contributed by atoms with E-state index in [4.69, 9.17) is 9.47 Å². The number of nitrogens with one attached hydrogen (secondary N) is 2. The van der Waals surface area contributed by atoms with Gasteiger partial charge in [-0.3, -0.25) is 0 Å². The van der Waals surface area contributed by atoms with E-state index in [2.05, 4.69) is 34.4 Å². The predicted octanol–water partition coefficient (Wildman–Crippen LogP) is 4.21. The molecule has 25 heavy (non-hydrogen) atoms. The maximum Gasteiger partial charge on any atom is 0.229 e. The molecule has 0 radical (unpaired) electrons. The number of hydrogen-bond acceptors (Lipinski definition) is 6. The molecule has 6 nitrogen and oxygen atoms in total. The fourth-order valence-electron chi connectivity index (χ4n) is 2.52. The van der Waals surface area contributed by atoms with Gasteiger partial charge in [0.2, 0.25) is 5.95 Å². The summed E-state index contributed by atoms with van der Waals surface area (Å²) in [6.45, 7) is 4.16. The summed E-state index contributed by atoms with van der Waals surface area (Å²) in [6.07, 6.45) is 0. The smallest absolute Gasteiger partial charge is 0.229 e. The van der Waals surface area contributed by atoms with Crippen molar-refractivity contribution >= 4 is 28.4 Å². The molecule has 130 valence electrons. The van der Waals surface area contributed by atoms with Crippen LogP contribution >= 0.6 is 0 Å². The van der Waals surface area contributed by atoms with Crippen LogP contribution in [0.1, 0.15) is 13.8 Å². The molecule has 0 bridgehead atoms. The first kappa shape index (κ1) is 16.8. The van der Waals surface area contributed by atoms with Gasteiger partial charge in [-0.15, -0.1) is 0 Å². The van der Waals surface area contributed by atoms with Crippen molar-refractivity contribution in [2.75, 3.05) is 24.9 Å². The van der Waals surface area contributed by atoms with Crippen LogP contribution in [0.15, 0.2) is 42.5 Å². The van der Waals surface area contributed by atoms with Crippen LogP contribution in [0.3, 0.4) is 0 Å². The van der Waals surface area contributed by atoms with E-state index < -0.39 is 0 Å². The molecule has 2 aromatic carbocycles. The van der Waals surface area contributed by atoms with Crippen molar-refractivity contribution < 1.29 is 9.47 Å². The zero-order valence-corrected chi connectivity index (χ0v) is 14.8. The van der Waals surface area contributed by atoms with Gasteiger partial charge in [0.1, 0.15) is 17.3 Å². The summed E-state index contributed by atoms with van der Waals surface area (Å²) in [5, 5.41) is 7.61. The molecule has 3 aromatic rings. The fraction of sp³-hybridized carbons (Fsp3) is 0.263. The Hall–Kier alpha value is -3.02. The molecule has 6 heteroatoms. The van der Waals surface area contributed by atoms with Crippen molar-refractivity contribution in [2.45, 2.75) is 19.9 Å². The Kier molecular flexibility index (Phi) is 4.88. The number of nitrogens with zero attached hydrogens (tertiary/aromatic N) is 2. The number of hydrogen-bond donors (Lipinski definition) is 2. The second kappa shape index (κ2) is 7.25. The van der Waals surface area contributed by atoms with Gasteiger partial charge in [-0.25, -0.2) is 4.98 Å². The summed E-state index contributed by atoms with van der Waals surface area (Å²) >= 11 is 0. The lowest BCUT2D eigenvalue weighted by atomic mass is 10.2. The number of benzene rings is 2. The van der Waals surface area contributed by atoms with E-state index in [0.29, 0.717) is 17.4 Å². The molecular formula is C19H22N4O2. The van der Waals surface area contributed by atoms with Crippen LogP contribution in [0.5, 0.6) is 11.5 Å². The standard InChI is InChI=1S/C19H22N4O2/c1-12(2)20-18-16-7-5-6-8-17(16)22-19(23-18)21-13-9-14(24-3)11-15(10-13)25-4/h5-12H,1-4H3,(H2,20,21,22,23). The molecule has 0 unspecified atom stereocenters. The lowest BCUT2D eigenvalue weighted by Crippen LogP contribution is -2.12. The summed E-state index contributed by atoms with van der Waals surface area (Å²) in [7, 11) is 3.24. The second-order valence-corrected chi connectivity index (χ2v) is 5.94. The lowest BCUT2D eigenvalue weighted by Gasteiger charge is -2.14. The van der Waals surface area contributed by atoms with Crippen molar-refractivity contribution in [2.24, 2.45) is 0 Å².